The topological polar surface area (TPSA) is 77.5 Å². The van der Waals surface area contributed by atoms with Crippen molar-refractivity contribution in [3.63, 3.8) is 0 Å². The number of nitrogens with zero attached hydrogens (tertiary/aromatic N) is 4. The first-order valence-corrected chi connectivity index (χ1v) is 12.0. The number of hydrogen-bond donors (Lipinski definition) is 1. The van der Waals surface area contributed by atoms with Gasteiger partial charge in [0.05, 0.1) is 12.3 Å². The minimum absolute atomic E-state index is 0.193. The van der Waals surface area contributed by atoms with Crippen molar-refractivity contribution in [3.8, 4) is 0 Å². The Bertz CT molecular complexity index is 1050. The van der Waals surface area contributed by atoms with Crippen molar-refractivity contribution in [2.24, 2.45) is 5.10 Å². The van der Waals surface area contributed by atoms with E-state index in [1.54, 1.807) is 11.9 Å². The number of aryl methyl sites for hydroxylation is 1. The normalized spacial score (nSPS) is 18.6. The van der Waals surface area contributed by atoms with Crippen LogP contribution >= 0.6 is 0 Å². The summed E-state index contributed by atoms with van der Waals surface area (Å²) in [6.07, 6.45) is 0.193. The van der Waals surface area contributed by atoms with E-state index in [-0.39, 0.29) is 24.6 Å². The molecule has 0 spiro atoms. The van der Waals surface area contributed by atoms with Crippen LogP contribution in [-0.2, 0) is 14.3 Å². The number of anilines is 3. The first kappa shape index (κ1) is 23.8. The number of benzene rings is 2. The molecule has 180 valence electrons. The van der Waals surface area contributed by atoms with E-state index in [4.69, 9.17) is 4.74 Å². The Morgan fingerprint density at radius 3 is 2.41 bits per heavy atom. The van der Waals surface area contributed by atoms with Crippen LogP contribution in [0.3, 0.4) is 0 Å². The molecule has 2 aromatic carbocycles. The van der Waals surface area contributed by atoms with Gasteiger partial charge in [0.1, 0.15) is 11.8 Å². The van der Waals surface area contributed by atoms with E-state index in [2.05, 4.69) is 39.3 Å². The highest BCUT2D eigenvalue weighted by Crippen LogP contribution is 2.28. The number of ether oxygens (including phenoxy) is 1. The fourth-order valence-corrected chi connectivity index (χ4v) is 4.39. The maximum Gasteiger partial charge on any atom is 0.354 e. The number of likely N-dealkylation sites (N-methyl/N-ethyl adjacent to an activating group) is 1. The van der Waals surface area contributed by atoms with Crippen LogP contribution in [0.4, 0.5) is 17.1 Å². The Morgan fingerprint density at radius 1 is 1.03 bits per heavy atom. The number of carbonyl (C=O) groups excluding carboxylic acids is 2. The lowest BCUT2D eigenvalue weighted by molar-refractivity contribution is -0.135. The van der Waals surface area contributed by atoms with Gasteiger partial charge in [-0.1, -0.05) is 25.1 Å². The molecule has 8 nitrogen and oxygen atoms in total. The van der Waals surface area contributed by atoms with Crippen molar-refractivity contribution in [2.75, 3.05) is 54.6 Å². The number of hydrogen-bond acceptors (Lipinski definition) is 7. The third-order valence-electron chi connectivity index (χ3n) is 6.40. The van der Waals surface area contributed by atoms with Crippen molar-refractivity contribution in [1.29, 1.82) is 0 Å². The van der Waals surface area contributed by atoms with E-state index < -0.39 is 12.0 Å². The molecule has 2 aromatic rings. The lowest BCUT2D eigenvalue weighted by Crippen LogP contribution is -2.46. The van der Waals surface area contributed by atoms with Crippen molar-refractivity contribution in [1.82, 2.24) is 4.90 Å². The average molecular weight is 464 g/mol. The number of hydrazone groups is 1. The molecule has 1 saturated heterocycles. The van der Waals surface area contributed by atoms with E-state index in [0.717, 1.165) is 49.7 Å². The second-order valence-electron chi connectivity index (χ2n) is 8.58. The van der Waals surface area contributed by atoms with Crippen molar-refractivity contribution < 1.29 is 14.3 Å². The molecule has 1 fully saturated rings. The van der Waals surface area contributed by atoms with Gasteiger partial charge >= 0.3 is 5.97 Å². The Labute approximate surface area is 201 Å². The van der Waals surface area contributed by atoms with Crippen LogP contribution in [0.2, 0.25) is 0 Å². The number of esters is 1. The zero-order chi connectivity index (χ0) is 24.1. The van der Waals surface area contributed by atoms with Gasteiger partial charge in [0.2, 0.25) is 5.91 Å². The largest absolute Gasteiger partial charge is 0.461 e. The standard InChI is InChI=1S/C26H33N5O3/c1-4-29-13-15-30(16-14-29)21-11-12-22(19(3)17-21)27-25(32)24-18-23(26(33)34-5-2)28-31(24)20-9-7-6-8-10-20/h6-12,17,24H,4-5,13-16,18H2,1-3H3,(H,27,32). The maximum atomic E-state index is 13.3. The van der Waals surface area contributed by atoms with E-state index in [1.807, 2.05) is 43.3 Å². The molecule has 0 bridgehead atoms. The highest BCUT2D eigenvalue weighted by atomic mass is 16.5. The fourth-order valence-electron chi connectivity index (χ4n) is 4.39. The monoisotopic (exact) mass is 463 g/mol. The SMILES string of the molecule is CCOC(=O)C1=NN(c2ccccc2)C(C(=O)Nc2ccc(N3CCN(CC)CC3)cc2C)C1. The first-order chi connectivity index (χ1) is 16.5. The molecular formula is C26H33N5O3. The van der Waals surface area contributed by atoms with Gasteiger partial charge in [-0.05, 0) is 56.3 Å². The van der Waals surface area contributed by atoms with Crippen molar-refractivity contribution in [2.45, 2.75) is 33.2 Å². The van der Waals surface area contributed by atoms with Crippen LogP contribution < -0.4 is 15.2 Å². The highest BCUT2D eigenvalue weighted by Gasteiger charge is 2.37. The molecular weight excluding hydrogens is 430 g/mol. The second kappa shape index (κ2) is 10.7. The van der Waals surface area contributed by atoms with Crippen LogP contribution in [0.25, 0.3) is 0 Å². The number of amides is 1. The molecule has 2 aliphatic rings. The Morgan fingerprint density at radius 2 is 1.76 bits per heavy atom. The summed E-state index contributed by atoms with van der Waals surface area (Å²) in [5, 5.41) is 9.10. The number of piperazine rings is 1. The van der Waals surface area contributed by atoms with Crippen LogP contribution in [-0.4, -0.2) is 67.9 Å². The van der Waals surface area contributed by atoms with Crippen molar-refractivity contribution >= 4 is 34.7 Å². The van der Waals surface area contributed by atoms with Crippen LogP contribution in [0, 0.1) is 6.92 Å². The fraction of sp³-hybridized carbons (Fsp3) is 0.423. The maximum absolute atomic E-state index is 13.3. The van der Waals surface area contributed by atoms with E-state index in [9.17, 15) is 9.59 Å². The quantitative estimate of drug-likeness (QED) is 0.635. The van der Waals surface area contributed by atoms with Gasteiger partial charge in [0.15, 0.2) is 0 Å². The Kier molecular flexibility index (Phi) is 7.47. The summed E-state index contributed by atoms with van der Waals surface area (Å²) < 4.78 is 5.12. The minimum atomic E-state index is -0.636. The predicted molar refractivity (Wildman–Crippen MR) is 136 cm³/mol. The summed E-state index contributed by atoms with van der Waals surface area (Å²) in [7, 11) is 0. The molecule has 0 aliphatic carbocycles. The zero-order valence-electron chi connectivity index (χ0n) is 20.2. The minimum Gasteiger partial charge on any atom is -0.461 e. The Balaban J connectivity index is 1.48. The van der Waals surface area contributed by atoms with Gasteiger partial charge in [-0.3, -0.25) is 9.80 Å². The number of rotatable bonds is 7. The summed E-state index contributed by atoms with van der Waals surface area (Å²) in [5.41, 5.74) is 3.94. The molecule has 2 aliphatic heterocycles. The summed E-state index contributed by atoms with van der Waals surface area (Å²) >= 11 is 0. The van der Waals surface area contributed by atoms with Crippen molar-refractivity contribution in [3.05, 3.63) is 54.1 Å². The molecule has 1 unspecified atom stereocenters. The van der Waals surface area contributed by atoms with Gasteiger partial charge in [-0.2, -0.15) is 5.10 Å². The molecule has 1 N–H and O–H groups in total. The van der Waals surface area contributed by atoms with Crippen LogP contribution in [0.1, 0.15) is 25.8 Å². The lowest BCUT2D eigenvalue weighted by atomic mass is 10.1. The van der Waals surface area contributed by atoms with E-state index in [0.29, 0.717) is 0 Å². The third kappa shape index (κ3) is 5.22. The van der Waals surface area contributed by atoms with Gasteiger partial charge in [0, 0.05) is 44.0 Å². The van der Waals surface area contributed by atoms with E-state index in [1.165, 1.54) is 5.69 Å². The molecule has 1 amide bonds. The number of nitrogens with one attached hydrogen (secondary N) is 1. The molecule has 1 atom stereocenters. The molecule has 34 heavy (non-hydrogen) atoms. The second-order valence-corrected chi connectivity index (χ2v) is 8.58. The van der Waals surface area contributed by atoms with Gasteiger partial charge in [-0.15, -0.1) is 0 Å². The number of carbonyl (C=O) groups is 2. The Hall–Kier alpha value is -3.39. The first-order valence-electron chi connectivity index (χ1n) is 12.0. The van der Waals surface area contributed by atoms with Crippen LogP contribution in [0.5, 0.6) is 0 Å². The summed E-state index contributed by atoms with van der Waals surface area (Å²) in [4.78, 5) is 30.5. The summed E-state index contributed by atoms with van der Waals surface area (Å²) in [5.74, 6) is -0.693. The predicted octanol–water partition coefficient (Wildman–Crippen LogP) is 3.27. The number of para-hydroxylation sites is 1. The summed E-state index contributed by atoms with van der Waals surface area (Å²) in [6.45, 7) is 11.4. The highest BCUT2D eigenvalue weighted by molar-refractivity contribution is 6.38. The molecule has 2 heterocycles. The zero-order valence-corrected chi connectivity index (χ0v) is 20.2. The average Bonchev–Trinajstić information content (AvgIpc) is 3.32. The molecule has 0 aromatic heterocycles. The molecule has 4 rings (SSSR count). The van der Waals surface area contributed by atoms with Crippen LogP contribution in [0.15, 0.2) is 53.6 Å². The smallest absolute Gasteiger partial charge is 0.354 e. The van der Waals surface area contributed by atoms with Gasteiger partial charge in [0.25, 0.3) is 0 Å². The lowest BCUT2D eigenvalue weighted by Gasteiger charge is -2.35. The van der Waals surface area contributed by atoms with Gasteiger partial charge < -0.3 is 19.9 Å². The summed E-state index contributed by atoms with van der Waals surface area (Å²) in [6, 6.07) is 14.9. The molecule has 8 heteroatoms. The van der Waals surface area contributed by atoms with Gasteiger partial charge in [-0.25, -0.2) is 4.79 Å². The van der Waals surface area contributed by atoms with E-state index >= 15 is 0 Å². The molecule has 0 saturated carbocycles. The third-order valence-corrected chi connectivity index (χ3v) is 6.40. The molecule has 0 radical (unpaired) electrons.